The van der Waals surface area contributed by atoms with Crippen LogP contribution in [0.5, 0.6) is 5.75 Å². The van der Waals surface area contributed by atoms with Crippen LogP contribution in [-0.4, -0.2) is 32.7 Å². The molecule has 0 saturated heterocycles. The third-order valence-corrected chi connectivity index (χ3v) is 4.87. The first-order chi connectivity index (χ1) is 6.85. The number of hydrogen-bond acceptors (Lipinski definition) is 2. The summed E-state index contributed by atoms with van der Waals surface area (Å²) in [5.74, 6) is 1.07. The zero-order valence-electron chi connectivity index (χ0n) is 8.62. The van der Waals surface area contributed by atoms with Crippen molar-refractivity contribution in [1.82, 2.24) is 3.92 Å². The predicted molar refractivity (Wildman–Crippen MR) is 59.1 cm³/mol. The minimum atomic E-state index is 0.470. The third-order valence-electron chi connectivity index (χ3n) is 2.32. The summed E-state index contributed by atoms with van der Waals surface area (Å²) in [5, 5.41) is 0. The molecule has 3 heteroatoms. The molecular weight excluding hydrogens is 241 g/mol. The molecule has 14 heavy (non-hydrogen) atoms. The molecule has 0 radical (unpaired) electrons. The van der Waals surface area contributed by atoms with E-state index in [1.165, 1.54) is 23.0 Å². The average molecular weight is 256 g/mol. The minimum absolute atomic E-state index is 0.470. The van der Waals surface area contributed by atoms with Crippen LogP contribution in [0.2, 0.25) is 0 Å². The predicted octanol–water partition coefficient (Wildman–Crippen LogP) is 1.17. The Labute approximate surface area is 91.6 Å². The second kappa shape index (κ2) is 4.35. The number of ether oxygens (including phenoxy) is 1. The van der Waals surface area contributed by atoms with Crippen molar-refractivity contribution in [2.45, 2.75) is 19.9 Å². The van der Waals surface area contributed by atoms with Gasteiger partial charge in [0.15, 0.2) is 0 Å². The van der Waals surface area contributed by atoms with Gasteiger partial charge in [-0.1, -0.05) is 0 Å². The molecule has 2 nitrogen and oxygen atoms in total. The Morgan fingerprint density at radius 1 is 1.50 bits per heavy atom. The summed E-state index contributed by atoms with van der Waals surface area (Å²) in [4.78, 5) is 0. The van der Waals surface area contributed by atoms with Crippen molar-refractivity contribution in [1.29, 1.82) is 0 Å². The van der Waals surface area contributed by atoms with Crippen molar-refractivity contribution in [2.24, 2.45) is 0 Å². The molecule has 0 aromatic heterocycles. The van der Waals surface area contributed by atoms with Crippen LogP contribution in [0, 0.1) is 0 Å². The second-order valence-corrected chi connectivity index (χ2v) is 5.73. The molecule has 0 saturated carbocycles. The first-order valence-corrected chi connectivity index (χ1v) is 6.56. The Morgan fingerprint density at radius 2 is 2.36 bits per heavy atom. The van der Waals surface area contributed by atoms with E-state index in [1.807, 2.05) is 0 Å². The van der Waals surface area contributed by atoms with E-state index in [1.54, 1.807) is 7.11 Å². The Hall–Kier alpha value is -0.501. The number of benzene rings is 1. The monoisotopic (exact) mass is 257 g/mol. The van der Waals surface area contributed by atoms with E-state index in [0.717, 1.165) is 12.3 Å². The van der Waals surface area contributed by atoms with Crippen LogP contribution < -0.4 is 9.20 Å². The van der Waals surface area contributed by atoms with E-state index in [4.69, 9.17) is 4.74 Å². The van der Waals surface area contributed by atoms with Crippen LogP contribution in [-0.2, 0) is 6.54 Å². The molecule has 0 unspecified atom stereocenters. The van der Waals surface area contributed by atoms with Crippen molar-refractivity contribution in [3.05, 3.63) is 23.8 Å². The van der Waals surface area contributed by atoms with Gasteiger partial charge in [0.2, 0.25) is 0 Å². The van der Waals surface area contributed by atoms with Gasteiger partial charge in [-0.25, -0.2) is 0 Å². The van der Waals surface area contributed by atoms with Crippen molar-refractivity contribution < 1.29 is 4.74 Å². The van der Waals surface area contributed by atoms with E-state index in [-0.39, 0.29) is 0 Å². The fourth-order valence-electron chi connectivity index (χ4n) is 1.68. The van der Waals surface area contributed by atoms with Crippen LogP contribution in [0.1, 0.15) is 18.9 Å². The van der Waals surface area contributed by atoms with Crippen LogP contribution >= 0.6 is 0 Å². The molecule has 0 atom stereocenters. The summed E-state index contributed by atoms with van der Waals surface area (Å²) < 4.78 is 9.34. The SMILES string of the molecule is CCCN1Cc2cccc(OC)c2[Se]1. The van der Waals surface area contributed by atoms with Gasteiger partial charge < -0.3 is 0 Å². The van der Waals surface area contributed by atoms with Gasteiger partial charge in [0, 0.05) is 0 Å². The van der Waals surface area contributed by atoms with E-state index in [0.29, 0.717) is 15.2 Å². The zero-order chi connectivity index (χ0) is 9.97. The Bertz CT molecular complexity index is 327. The summed E-state index contributed by atoms with van der Waals surface area (Å²) in [5.41, 5.74) is 1.46. The fourth-order valence-corrected chi connectivity index (χ4v) is 4.25. The molecule has 0 fully saturated rings. The van der Waals surface area contributed by atoms with Gasteiger partial charge in [-0.05, 0) is 0 Å². The van der Waals surface area contributed by atoms with Crippen LogP contribution in [0.15, 0.2) is 18.2 Å². The Balaban J connectivity index is 2.21. The number of hydrogen-bond donors (Lipinski definition) is 0. The topological polar surface area (TPSA) is 12.5 Å². The molecule has 0 bridgehead atoms. The van der Waals surface area contributed by atoms with Crippen molar-refractivity contribution in [2.75, 3.05) is 13.7 Å². The van der Waals surface area contributed by atoms with Gasteiger partial charge in [0.05, 0.1) is 0 Å². The summed E-state index contributed by atoms with van der Waals surface area (Å²) >= 11 is 0.470. The van der Waals surface area contributed by atoms with E-state index < -0.39 is 0 Å². The summed E-state index contributed by atoms with van der Waals surface area (Å²) in [7, 11) is 1.76. The normalized spacial score (nSPS) is 15.6. The molecule has 0 spiro atoms. The number of methoxy groups -OCH3 is 1. The molecule has 0 N–H and O–H groups in total. The van der Waals surface area contributed by atoms with E-state index in [2.05, 4.69) is 29.0 Å². The average Bonchev–Trinajstić information content (AvgIpc) is 2.60. The maximum absolute atomic E-state index is 5.37. The quantitative estimate of drug-likeness (QED) is 0.753. The molecule has 76 valence electrons. The fraction of sp³-hybridized carbons (Fsp3) is 0.455. The standard InChI is InChI=1S/C11H15NOSe/c1-3-7-12-8-9-5-4-6-10(13-2)11(9)14-12/h4-6H,3,7-8H2,1-2H3. The molecule has 2 rings (SSSR count). The third kappa shape index (κ3) is 1.81. The van der Waals surface area contributed by atoms with Gasteiger partial charge in [-0.3, -0.25) is 0 Å². The van der Waals surface area contributed by atoms with Gasteiger partial charge in [-0.2, -0.15) is 0 Å². The first-order valence-electron chi connectivity index (χ1n) is 4.94. The van der Waals surface area contributed by atoms with Crippen LogP contribution in [0.4, 0.5) is 0 Å². The molecule has 1 aromatic carbocycles. The van der Waals surface area contributed by atoms with Crippen molar-refractivity contribution in [3.8, 4) is 5.75 Å². The number of fused-ring (bicyclic) bond motifs is 1. The van der Waals surface area contributed by atoms with Gasteiger partial charge >= 0.3 is 91.3 Å². The van der Waals surface area contributed by atoms with Gasteiger partial charge in [-0.15, -0.1) is 0 Å². The molecular formula is C11H15NOSe. The molecule has 1 aliphatic heterocycles. The summed E-state index contributed by atoms with van der Waals surface area (Å²) in [6, 6.07) is 6.37. The second-order valence-electron chi connectivity index (χ2n) is 3.40. The Morgan fingerprint density at radius 3 is 3.07 bits per heavy atom. The molecule has 1 aromatic rings. The van der Waals surface area contributed by atoms with Gasteiger partial charge in [0.1, 0.15) is 0 Å². The molecule has 0 amide bonds. The maximum atomic E-state index is 5.37. The van der Waals surface area contributed by atoms with Gasteiger partial charge in [0.25, 0.3) is 0 Å². The number of nitrogens with zero attached hydrogens (tertiary/aromatic N) is 1. The van der Waals surface area contributed by atoms with Crippen molar-refractivity contribution in [3.63, 3.8) is 0 Å². The van der Waals surface area contributed by atoms with E-state index in [9.17, 15) is 0 Å². The van der Waals surface area contributed by atoms with Crippen LogP contribution in [0.3, 0.4) is 0 Å². The molecule has 0 aliphatic carbocycles. The number of rotatable bonds is 3. The van der Waals surface area contributed by atoms with Crippen molar-refractivity contribution >= 4 is 19.6 Å². The summed E-state index contributed by atoms with van der Waals surface area (Å²) in [6.07, 6.45) is 1.23. The molecule has 1 aliphatic rings. The van der Waals surface area contributed by atoms with E-state index >= 15 is 0 Å². The zero-order valence-corrected chi connectivity index (χ0v) is 10.3. The first kappa shape index (κ1) is 10.0. The van der Waals surface area contributed by atoms with Crippen LogP contribution in [0.25, 0.3) is 0 Å². The molecule has 1 heterocycles. The summed E-state index contributed by atoms with van der Waals surface area (Å²) in [6.45, 7) is 4.55. The Kier molecular flexibility index (Phi) is 3.12.